The molecule has 1 nitrogen and oxygen atoms in total. The van der Waals surface area contributed by atoms with E-state index < -0.39 is 17.7 Å². The first-order valence-electron chi connectivity index (χ1n) is 5.88. The first-order chi connectivity index (χ1) is 8.91. The van der Waals surface area contributed by atoms with Crippen molar-refractivity contribution in [1.82, 2.24) is 0 Å². The smallest absolute Gasteiger partial charge is 0.128 e. The van der Waals surface area contributed by atoms with Gasteiger partial charge in [-0.05, 0) is 48.7 Å². The second-order valence-corrected chi connectivity index (χ2v) is 4.96. The van der Waals surface area contributed by atoms with Crippen LogP contribution in [0.1, 0.15) is 28.3 Å². The van der Waals surface area contributed by atoms with Crippen LogP contribution in [0.5, 0.6) is 0 Å². The predicted molar refractivity (Wildman–Crippen MR) is 73.3 cm³/mol. The van der Waals surface area contributed by atoms with Crippen molar-refractivity contribution in [1.29, 1.82) is 0 Å². The van der Waals surface area contributed by atoms with Gasteiger partial charge in [-0.1, -0.05) is 23.7 Å². The molecule has 0 aliphatic heterocycles. The third kappa shape index (κ3) is 2.62. The Morgan fingerprint density at radius 1 is 1.05 bits per heavy atom. The minimum Gasteiger partial charge on any atom is -0.320 e. The lowest BCUT2D eigenvalue weighted by atomic mass is 9.94. The van der Waals surface area contributed by atoms with E-state index in [2.05, 4.69) is 0 Å². The molecule has 0 fully saturated rings. The molecular weight excluding hydrogens is 268 g/mol. The third-order valence-electron chi connectivity index (χ3n) is 3.26. The maximum atomic E-state index is 13.9. The van der Waals surface area contributed by atoms with E-state index >= 15 is 0 Å². The van der Waals surface area contributed by atoms with Crippen LogP contribution >= 0.6 is 11.6 Å². The summed E-state index contributed by atoms with van der Waals surface area (Å²) in [6.45, 7) is 3.32. The topological polar surface area (TPSA) is 26.0 Å². The molecule has 2 aromatic rings. The van der Waals surface area contributed by atoms with Gasteiger partial charge in [-0.2, -0.15) is 0 Å². The van der Waals surface area contributed by atoms with Gasteiger partial charge in [0.15, 0.2) is 0 Å². The van der Waals surface area contributed by atoms with Gasteiger partial charge in [0.1, 0.15) is 11.6 Å². The van der Waals surface area contributed by atoms with Crippen LogP contribution in [0.3, 0.4) is 0 Å². The Hall–Kier alpha value is -1.45. The molecule has 0 bridgehead atoms. The standard InChI is InChI=1S/C15H14ClF2N/c1-8-6-14(18)11(7-13(8)17)15(19)10-4-3-5-12(16)9(10)2/h3-7,15H,19H2,1-2H3. The Kier molecular flexibility index (Phi) is 3.88. The summed E-state index contributed by atoms with van der Waals surface area (Å²) in [5.74, 6) is -0.975. The molecule has 2 rings (SSSR count). The number of aryl methyl sites for hydroxylation is 1. The zero-order chi connectivity index (χ0) is 14.2. The van der Waals surface area contributed by atoms with Crippen molar-refractivity contribution in [3.63, 3.8) is 0 Å². The van der Waals surface area contributed by atoms with E-state index in [1.165, 1.54) is 6.92 Å². The summed E-state index contributed by atoms with van der Waals surface area (Å²) < 4.78 is 27.5. The summed E-state index contributed by atoms with van der Waals surface area (Å²) in [5.41, 5.74) is 7.90. The highest BCUT2D eigenvalue weighted by Gasteiger charge is 2.18. The van der Waals surface area contributed by atoms with Gasteiger partial charge in [-0.25, -0.2) is 8.78 Å². The predicted octanol–water partition coefficient (Wildman–Crippen LogP) is 4.28. The van der Waals surface area contributed by atoms with Crippen LogP contribution < -0.4 is 5.73 Å². The fourth-order valence-electron chi connectivity index (χ4n) is 2.03. The molecule has 1 unspecified atom stereocenters. The lowest BCUT2D eigenvalue weighted by Crippen LogP contribution is -2.15. The number of halogens is 3. The average Bonchev–Trinajstić information content (AvgIpc) is 2.36. The van der Waals surface area contributed by atoms with Gasteiger partial charge < -0.3 is 5.73 Å². The summed E-state index contributed by atoms with van der Waals surface area (Å²) >= 11 is 6.02. The fraction of sp³-hybridized carbons (Fsp3) is 0.200. The molecule has 4 heteroatoms. The minimum absolute atomic E-state index is 0.133. The number of hydrogen-bond acceptors (Lipinski definition) is 1. The zero-order valence-electron chi connectivity index (χ0n) is 10.7. The molecule has 0 amide bonds. The Bertz CT molecular complexity index is 626. The van der Waals surface area contributed by atoms with Crippen molar-refractivity contribution >= 4 is 11.6 Å². The first kappa shape index (κ1) is 14.0. The van der Waals surface area contributed by atoms with Gasteiger partial charge in [-0.3, -0.25) is 0 Å². The monoisotopic (exact) mass is 281 g/mol. The molecule has 0 saturated carbocycles. The minimum atomic E-state index is -0.742. The highest BCUT2D eigenvalue weighted by atomic mass is 35.5. The van der Waals surface area contributed by atoms with Crippen LogP contribution in [0.25, 0.3) is 0 Å². The van der Waals surface area contributed by atoms with Gasteiger partial charge in [0, 0.05) is 10.6 Å². The number of rotatable bonds is 2. The van der Waals surface area contributed by atoms with E-state index in [4.69, 9.17) is 17.3 Å². The summed E-state index contributed by atoms with van der Waals surface area (Å²) in [4.78, 5) is 0. The molecule has 19 heavy (non-hydrogen) atoms. The summed E-state index contributed by atoms with van der Waals surface area (Å²) in [6.07, 6.45) is 0. The molecule has 0 radical (unpaired) electrons. The van der Waals surface area contributed by atoms with Crippen molar-refractivity contribution in [3.05, 3.63) is 69.2 Å². The van der Waals surface area contributed by atoms with Crippen LogP contribution in [0, 0.1) is 25.5 Å². The average molecular weight is 282 g/mol. The molecule has 2 aromatic carbocycles. The Labute approximate surface area is 116 Å². The Morgan fingerprint density at radius 3 is 2.42 bits per heavy atom. The molecule has 0 spiro atoms. The van der Waals surface area contributed by atoms with Crippen molar-refractivity contribution < 1.29 is 8.78 Å². The van der Waals surface area contributed by atoms with Crippen molar-refractivity contribution in [2.24, 2.45) is 5.73 Å². The molecule has 1 atom stereocenters. The summed E-state index contributed by atoms with van der Waals surface area (Å²) in [7, 11) is 0. The normalized spacial score (nSPS) is 12.5. The Balaban J connectivity index is 2.53. The van der Waals surface area contributed by atoms with Crippen LogP contribution in [0.15, 0.2) is 30.3 Å². The van der Waals surface area contributed by atoms with Gasteiger partial charge in [0.05, 0.1) is 6.04 Å². The fourth-order valence-corrected chi connectivity index (χ4v) is 2.21. The van der Waals surface area contributed by atoms with Crippen LogP contribution in [-0.4, -0.2) is 0 Å². The van der Waals surface area contributed by atoms with Gasteiger partial charge in [-0.15, -0.1) is 0 Å². The maximum absolute atomic E-state index is 13.9. The van der Waals surface area contributed by atoms with E-state index in [1.807, 2.05) is 0 Å². The SMILES string of the molecule is Cc1cc(F)c(C(N)c2cccc(Cl)c2C)cc1F. The van der Waals surface area contributed by atoms with Gasteiger partial charge in [0.2, 0.25) is 0 Å². The lowest BCUT2D eigenvalue weighted by molar-refractivity contribution is 0.570. The third-order valence-corrected chi connectivity index (χ3v) is 3.67. The van der Waals surface area contributed by atoms with E-state index in [1.54, 1.807) is 25.1 Å². The largest absolute Gasteiger partial charge is 0.320 e. The highest BCUT2D eigenvalue weighted by molar-refractivity contribution is 6.31. The van der Waals surface area contributed by atoms with E-state index in [-0.39, 0.29) is 11.1 Å². The molecule has 0 aliphatic rings. The Morgan fingerprint density at radius 2 is 1.74 bits per heavy atom. The van der Waals surface area contributed by atoms with Crippen LogP contribution in [-0.2, 0) is 0 Å². The molecule has 100 valence electrons. The highest BCUT2D eigenvalue weighted by Crippen LogP contribution is 2.29. The van der Waals surface area contributed by atoms with Crippen LogP contribution in [0.4, 0.5) is 8.78 Å². The van der Waals surface area contributed by atoms with Crippen molar-refractivity contribution in [2.45, 2.75) is 19.9 Å². The summed E-state index contributed by atoms with van der Waals surface area (Å²) in [5, 5.41) is 0.556. The van der Waals surface area contributed by atoms with E-state index in [0.717, 1.165) is 17.7 Å². The van der Waals surface area contributed by atoms with Crippen molar-refractivity contribution in [2.75, 3.05) is 0 Å². The molecule has 0 aliphatic carbocycles. The first-order valence-corrected chi connectivity index (χ1v) is 6.25. The quantitative estimate of drug-likeness (QED) is 0.873. The second-order valence-electron chi connectivity index (χ2n) is 4.55. The molecular formula is C15H14ClF2N. The van der Waals surface area contributed by atoms with Gasteiger partial charge >= 0.3 is 0 Å². The number of nitrogens with two attached hydrogens (primary N) is 1. The molecule has 0 heterocycles. The van der Waals surface area contributed by atoms with E-state index in [9.17, 15) is 8.78 Å². The second kappa shape index (κ2) is 5.27. The lowest BCUT2D eigenvalue weighted by Gasteiger charge is -2.17. The van der Waals surface area contributed by atoms with Crippen molar-refractivity contribution in [3.8, 4) is 0 Å². The molecule has 0 aromatic heterocycles. The van der Waals surface area contributed by atoms with E-state index in [0.29, 0.717) is 10.6 Å². The number of benzene rings is 2. The molecule has 0 saturated heterocycles. The van der Waals surface area contributed by atoms with Gasteiger partial charge in [0.25, 0.3) is 0 Å². The maximum Gasteiger partial charge on any atom is 0.128 e. The van der Waals surface area contributed by atoms with Crippen LogP contribution in [0.2, 0.25) is 5.02 Å². The number of hydrogen-bond donors (Lipinski definition) is 1. The molecule has 2 N–H and O–H groups in total. The summed E-state index contributed by atoms with van der Waals surface area (Å²) in [6, 6.07) is 6.81. The zero-order valence-corrected chi connectivity index (χ0v) is 11.4.